The fraction of sp³-hybridized carbons (Fsp3) is 0.467. The summed E-state index contributed by atoms with van der Waals surface area (Å²) in [5.74, 6) is -2.21. The van der Waals surface area contributed by atoms with E-state index in [0.29, 0.717) is 6.42 Å². The molecular formula is C15H20FNO3. The number of amides is 1. The predicted molar refractivity (Wildman–Crippen MR) is 75.3 cm³/mol. The number of carboxylic acids is 1. The molecule has 0 bridgehead atoms. The van der Waals surface area contributed by atoms with Crippen LogP contribution < -0.4 is 5.32 Å². The van der Waals surface area contributed by atoms with Gasteiger partial charge in [-0.1, -0.05) is 20.8 Å². The number of aromatic carboxylic acids is 1. The summed E-state index contributed by atoms with van der Waals surface area (Å²) >= 11 is 0. The minimum atomic E-state index is -1.20. The lowest BCUT2D eigenvalue weighted by Crippen LogP contribution is -2.14. The van der Waals surface area contributed by atoms with E-state index < -0.39 is 11.8 Å². The molecule has 0 unspecified atom stereocenters. The second-order valence-corrected chi connectivity index (χ2v) is 5.96. The van der Waals surface area contributed by atoms with Crippen LogP contribution in [0.2, 0.25) is 0 Å². The second-order valence-electron chi connectivity index (χ2n) is 5.96. The highest BCUT2D eigenvalue weighted by Crippen LogP contribution is 2.22. The molecule has 0 heterocycles. The maximum atomic E-state index is 13.6. The standard InChI is InChI=1S/C15H20FNO3/c1-15(2,3)8-4-5-13(18)17-12-7-6-10(14(19)20)9-11(12)16/h6-7,9H,4-5,8H2,1-3H3,(H,17,18)(H,19,20). The summed E-state index contributed by atoms with van der Waals surface area (Å²) in [4.78, 5) is 22.3. The van der Waals surface area contributed by atoms with Crippen LogP contribution in [0.15, 0.2) is 18.2 Å². The Labute approximate surface area is 118 Å². The molecule has 1 aromatic carbocycles. The largest absolute Gasteiger partial charge is 0.478 e. The molecule has 1 aromatic rings. The molecule has 0 saturated carbocycles. The number of benzene rings is 1. The van der Waals surface area contributed by atoms with Crippen LogP contribution in [0.25, 0.3) is 0 Å². The van der Waals surface area contributed by atoms with Crippen molar-refractivity contribution < 1.29 is 19.1 Å². The number of carbonyl (C=O) groups excluding carboxylic acids is 1. The van der Waals surface area contributed by atoms with Gasteiger partial charge in [-0.2, -0.15) is 0 Å². The molecule has 1 rings (SSSR count). The van der Waals surface area contributed by atoms with E-state index in [9.17, 15) is 14.0 Å². The molecule has 110 valence electrons. The maximum absolute atomic E-state index is 13.6. The van der Waals surface area contributed by atoms with Gasteiger partial charge in [0.05, 0.1) is 11.3 Å². The minimum Gasteiger partial charge on any atom is -0.478 e. The SMILES string of the molecule is CC(C)(C)CCCC(=O)Nc1ccc(C(=O)O)cc1F. The van der Waals surface area contributed by atoms with E-state index in [-0.39, 0.29) is 22.6 Å². The predicted octanol–water partition coefficient (Wildman–Crippen LogP) is 3.68. The molecule has 0 aliphatic heterocycles. The molecular weight excluding hydrogens is 261 g/mol. The Morgan fingerprint density at radius 2 is 1.95 bits per heavy atom. The van der Waals surface area contributed by atoms with Crippen LogP contribution in [0, 0.1) is 11.2 Å². The van der Waals surface area contributed by atoms with Gasteiger partial charge in [0.15, 0.2) is 0 Å². The number of halogens is 1. The third-order valence-corrected chi connectivity index (χ3v) is 2.82. The first kappa shape index (κ1) is 16.1. The lowest BCUT2D eigenvalue weighted by molar-refractivity contribution is -0.116. The lowest BCUT2D eigenvalue weighted by atomic mass is 9.90. The van der Waals surface area contributed by atoms with Gasteiger partial charge in [0.1, 0.15) is 5.82 Å². The number of anilines is 1. The zero-order valence-electron chi connectivity index (χ0n) is 12.0. The van der Waals surface area contributed by atoms with E-state index in [1.54, 1.807) is 0 Å². The summed E-state index contributed by atoms with van der Waals surface area (Å²) < 4.78 is 13.6. The van der Waals surface area contributed by atoms with Crippen molar-refractivity contribution in [3.8, 4) is 0 Å². The molecule has 20 heavy (non-hydrogen) atoms. The van der Waals surface area contributed by atoms with Gasteiger partial charge in [-0.05, 0) is 36.5 Å². The molecule has 0 spiro atoms. The minimum absolute atomic E-state index is 0.00996. The van der Waals surface area contributed by atoms with Crippen LogP contribution in [-0.2, 0) is 4.79 Å². The Kier molecular flexibility index (Phi) is 5.25. The molecule has 0 aliphatic rings. The smallest absolute Gasteiger partial charge is 0.335 e. The number of hydrogen-bond acceptors (Lipinski definition) is 2. The molecule has 0 radical (unpaired) electrons. The van der Waals surface area contributed by atoms with Gasteiger partial charge in [0.2, 0.25) is 5.91 Å². The number of carbonyl (C=O) groups is 2. The molecule has 0 saturated heterocycles. The zero-order chi connectivity index (χ0) is 15.3. The maximum Gasteiger partial charge on any atom is 0.335 e. The van der Waals surface area contributed by atoms with Gasteiger partial charge >= 0.3 is 5.97 Å². The highest BCUT2D eigenvalue weighted by Gasteiger charge is 2.13. The fourth-order valence-electron chi connectivity index (χ4n) is 1.74. The van der Waals surface area contributed by atoms with Crippen LogP contribution >= 0.6 is 0 Å². The molecule has 0 aromatic heterocycles. The number of rotatable bonds is 5. The average Bonchev–Trinajstić information content (AvgIpc) is 2.29. The Bertz CT molecular complexity index is 506. The van der Waals surface area contributed by atoms with E-state index in [2.05, 4.69) is 26.1 Å². The van der Waals surface area contributed by atoms with Crippen LogP contribution in [0.3, 0.4) is 0 Å². The topological polar surface area (TPSA) is 66.4 Å². The normalized spacial score (nSPS) is 11.2. The van der Waals surface area contributed by atoms with Crippen molar-refractivity contribution in [2.24, 2.45) is 5.41 Å². The van der Waals surface area contributed by atoms with Crippen molar-refractivity contribution in [1.29, 1.82) is 0 Å². The third-order valence-electron chi connectivity index (χ3n) is 2.82. The Hall–Kier alpha value is -1.91. The number of nitrogens with one attached hydrogen (secondary N) is 1. The van der Waals surface area contributed by atoms with E-state index in [4.69, 9.17) is 5.11 Å². The average molecular weight is 281 g/mol. The molecule has 0 aliphatic carbocycles. The first-order valence-corrected chi connectivity index (χ1v) is 6.52. The van der Waals surface area contributed by atoms with Crippen molar-refractivity contribution in [3.63, 3.8) is 0 Å². The van der Waals surface area contributed by atoms with Crippen LogP contribution in [0.1, 0.15) is 50.4 Å². The van der Waals surface area contributed by atoms with Gasteiger partial charge < -0.3 is 10.4 Å². The van der Waals surface area contributed by atoms with Crippen molar-refractivity contribution >= 4 is 17.6 Å². The summed E-state index contributed by atoms with van der Waals surface area (Å²) in [7, 11) is 0. The second kappa shape index (κ2) is 6.50. The molecule has 5 heteroatoms. The number of hydrogen-bond donors (Lipinski definition) is 2. The van der Waals surface area contributed by atoms with E-state index in [0.717, 1.165) is 18.9 Å². The summed E-state index contributed by atoms with van der Waals surface area (Å²) in [6, 6.07) is 3.42. The van der Waals surface area contributed by atoms with Crippen molar-refractivity contribution in [2.75, 3.05) is 5.32 Å². The van der Waals surface area contributed by atoms with Crippen molar-refractivity contribution in [3.05, 3.63) is 29.6 Å². The summed E-state index contributed by atoms with van der Waals surface area (Å²) in [6.07, 6.45) is 1.95. The zero-order valence-corrected chi connectivity index (χ0v) is 12.0. The van der Waals surface area contributed by atoms with E-state index in [1.165, 1.54) is 12.1 Å². The van der Waals surface area contributed by atoms with E-state index in [1.807, 2.05) is 0 Å². The molecule has 2 N–H and O–H groups in total. The van der Waals surface area contributed by atoms with Gasteiger partial charge in [-0.3, -0.25) is 4.79 Å². The number of carboxylic acid groups (broad SMARTS) is 1. The Morgan fingerprint density at radius 3 is 2.45 bits per heavy atom. The molecule has 1 amide bonds. The monoisotopic (exact) mass is 281 g/mol. The summed E-state index contributed by atoms with van der Waals surface area (Å²) in [5, 5.41) is 11.2. The summed E-state index contributed by atoms with van der Waals surface area (Å²) in [5.41, 5.74) is 0.0262. The van der Waals surface area contributed by atoms with Crippen LogP contribution in [0.4, 0.5) is 10.1 Å². The Morgan fingerprint density at radius 1 is 1.30 bits per heavy atom. The van der Waals surface area contributed by atoms with Crippen LogP contribution in [-0.4, -0.2) is 17.0 Å². The molecule has 0 atom stereocenters. The van der Waals surface area contributed by atoms with Crippen molar-refractivity contribution in [2.45, 2.75) is 40.0 Å². The molecule has 4 nitrogen and oxygen atoms in total. The Balaban J connectivity index is 2.56. The third kappa shape index (κ3) is 5.38. The van der Waals surface area contributed by atoms with Gasteiger partial charge in [0, 0.05) is 6.42 Å². The van der Waals surface area contributed by atoms with E-state index >= 15 is 0 Å². The highest BCUT2D eigenvalue weighted by molar-refractivity contribution is 5.92. The lowest BCUT2D eigenvalue weighted by Gasteiger charge is -2.17. The van der Waals surface area contributed by atoms with Gasteiger partial charge in [0.25, 0.3) is 0 Å². The van der Waals surface area contributed by atoms with Gasteiger partial charge in [-0.15, -0.1) is 0 Å². The highest BCUT2D eigenvalue weighted by atomic mass is 19.1. The quantitative estimate of drug-likeness (QED) is 0.865. The summed E-state index contributed by atoms with van der Waals surface area (Å²) in [6.45, 7) is 6.28. The first-order chi connectivity index (χ1) is 9.19. The van der Waals surface area contributed by atoms with Gasteiger partial charge in [-0.25, -0.2) is 9.18 Å². The van der Waals surface area contributed by atoms with Crippen molar-refractivity contribution in [1.82, 2.24) is 0 Å². The first-order valence-electron chi connectivity index (χ1n) is 6.52. The molecule has 0 fully saturated rings. The fourth-order valence-corrected chi connectivity index (χ4v) is 1.74. The van der Waals surface area contributed by atoms with Crippen LogP contribution in [0.5, 0.6) is 0 Å².